The number of aryl methyl sites for hydroxylation is 1. The van der Waals surface area contributed by atoms with Crippen molar-refractivity contribution in [2.45, 2.75) is 43.4 Å². The van der Waals surface area contributed by atoms with Crippen LogP contribution in [0.5, 0.6) is 0 Å². The SMILES string of the molecule is O=C(CCc1ccc(S(=O)(=O)N2CCCC2)cc1)NCCCOCCc1ccccc1. The zero-order valence-corrected chi connectivity index (χ0v) is 18.8. The van der Waals surface area contributed by atoms with Crippen molar-refractivity contribution >= 4 is 15.9 Å². The molecule has 0 radical (unpaired) electrons. The van der Waals surface area contributed by atoms with Crippen LogP contribution >= 0.6 is 0 Å². The van der Waals surface area contributed by atoms with Crippen LogP contribution in [-0.2, 0) is 32.4 Å². The molecule has 0 saturated carbocycles. The van der Waals surface area contributed by atoms with Crippen molar-refractivity contribution in [3.63, 3.8) is 0 Å². The summed E-state index contributed by atoms with van der Waals surface area (Å²) in [4.78, 5) is 12.4. The number of nitrogens with one attached hydrogen (secondary N) is 1. The van der Waals surface area contributed by atoms with Crippen LogP contribution in [0.25, 0.3) is 0 Å². The summed E-state index contributed by atoms with van der Waals surface area (Å²) in [7, 11) is -3.38. The molecule has 1 aliphatic heterocycles. The summed E-state index contributed by atoms with van der Waals surface area (Å²) in [6, 6.07) is 17.1. The fourth-order valence-electron chi connectivity index (χ4n) is 3.59. The minimum absolute atomic E-state index is 0.00181. The third kappa shape index (κ3) is 7.45. The number of amides is 1. The minimum Gasteiger partial charge on any atom is -0.381 e. The summed E-state index contributed by atoms with van der Waals surface area (Å²) in [6.45, 7) is 3.10. The number of carbonyl (C=O) groups is 1. The van der Waals surface area contributed by atoms with E-state index in [2.05, 4.69) is 17.4 Å². The zero-order chi connectivity index (χ0) is 21.9. The Hall–Kier alpha value is -2.22. The number of ether oxygens (including phenoxy) is 1. The molecular formula is C24H32N2O4S. The summed E-state index contributed by atoms with van der Waals surface area (Å²) < 4.78 is 32.3. The van der Waals surface area contributed by atoms with Crippen molar-refractivity contribution in [2.24, 2.45) is 0 Å². The summed E-state index contributed by atoms with van der Waals surface area (Å²) >= 11 is 0. The number of nitrogens with zero attached hydrogens (tertiary/aromatic N) is 1. The molecular weight excluding hydrogens is 412 g/mol. The molecule has 1 heterocycles. The van der Waals surface area contributed by atoms with Gasteiger partial charge in [-0.05, 0) is 55.4 Å². The number of hydrogen-bond acceptors (Lipinski definition) is 4. The van der Waals surface area contributed by atoms with Crippen molar-refractivity contribution in [2.75, 3.05) is 32.8 Å². The Kier molecular flexibility index (Phi) is 9.06. The molecule has 0 bridgehead atoms. The average molecular weight is 445 g/mol. The predicted molar refractivity (Wildman–Crippen MR) is 121 cm³/mol. The Labute approximate surface area is 185 Å². The normalized spacial score (nSPS) is 14.6. The third-order valence-corrected chi connectivity index (χ3v) is 7.35. The molecule has 2 aromatic carbocycles. The summed E-state index contributed by atoms with van der Waals surface area (Å²) in [5.41, 5.74) is 2.22. The van der Waals surface area contributed by atoms with Crippen LogP contribution in [0.2, 0.25) is 0 Å². The summed E-state index contributed by atoms with van der Waals surface area (Å²) in [6.07, 6.45) is 4.49. The van der Waals surface area contributed by atoms with Gasteiger partial charge in [0.05, 0.1) is 11.5 Å². The second kappa shape index (κ2) is 12.0. The molecule has 1 amide bonds. The predicted octanol–water partition coefficient (Wildman–Crippen LogP) is 3.17. The van der Waals surface area contributed by atoms with Gasteiger partial charge in [-0.3, -0.25) is 4.79 Å². The largest absolute Gasteiger partial charge is 0.381 e. The lowest BCUT2D eigenvalue weighted by molar-refractivity contribution is -0.121. The highest BCUT2D eigenvalue weighted by molar-refractivity contribution is 7.89. The number of benzene rings is 2. The van der Waals surface area contributed by atoms with Crippen LogP contribution in [0.3, 0.4) is 0 Å². The van der Waals surface area contributed by atoms with Gasteiger partial charge in [-0.15, -0.1) is 0 Å². The van der Waals surface area contributed by atoms with Gasteiger partial charge in [0.25, 0.3) is 0 Å². The van der Waals surface area contributed by atoms with Gasteiger partial charge < -0.3 is 10.1 Å². The average Bonchev–Trinajstić information content (AvgIpc) is 3.34. The van der Waals surface area contributed by atoms with Gasteiger partial charge in [0.15, 0.2) is 0 Å². The molecule has 0 unspecified atom stereocenters. The molecule has 7 heteroatoms. The van der Waals surface area contributed by atoms with Gasteiger partial charge in [0, 0.05) is 32.7 Å². The first-order valence-electron chi connectivity index (χ1n) is 11.0. The molecule has 1 fully saturated rings. The lowest BCUT2D eigenvalue weighted by Crippen LogP contribution is -2.27. The Bertz CT molecular complexity index is 908. The van der Waals surface area contributed by atoms with E-state index in [0.717, 1.165) is 31.2 Å². The van der Waals surface area contributed by atoms with E-state index in [9.17, 15) is 13.2 Å². The molecule has 6 nitrogen and oxygen atoms in total. The van der Waals surface area contributed by atoms with E-state index in [0.29, 0.717) is 50.6 Å². The Morgan fingerprint density at radius 1 is 0.903 bits per heavy atom. The third-order valence-electron chi connectivity index (χ3n) is 5.43. The molecule has 1 aliphatic rings. The first-order valence-corrected chi connectivity index (χ1v) is 12.5. The van der Waals surface area contributed by atoms with Crippen molar-refractivity contribution < 1.29 is 17.9 Å². The number of hydrogen-bond donors (Lipinski definition) is 1. The van der Waals surface area contributed by atoms with Crippen molar-refractivity contribution in [1.29, 1.82) is 0 Å². The maximum atomic E-state index is 12.5. The molecule has 168 valence electrons. The smallest absolute Gasteiger partial charge is 0.243 e. The monoisotopic (exact) mass is 444 g/mol. The maximum absolute atomic E-state index is 12.5. The van der Waals surface area contributed by atoms with E-state index in [1.54, 1.807) is 28.6 Å². The van der Waals surface area contributed by atoms with Crippen LogP contribution in [0.1, 0.15) is 36.8 Å². The first kappa shape index (κ1) is 23.4. The molecule has 31 heavy (non-hydrogen) atoms. The maximum Gasteiger partial charge on any atom is 0.243 e. The van der Waals surface area contributed by atoms with Gasteiger partial charge in [0.1, 0.15) is 0 Å². The van der Waals surface area contributed by atoms with Gasteiger partial charge in [0.2, 0.25) is 15.9 Å². The van der Waals surface area contributed by atoms with Crippen molar-refractivity contribution in [1.82, 2.24) is 9.62 Å². The molecule has 0 atom stereocenters. The first-order chi connectivity index (χ1) is 15.1. The van der Waals surface area contributed by atoms with Gasteiger partial charge >= 0.3 is 0 Å². The van der Waals surface area contributed by atoms with E-state index in [-0.39, 0.29) is 5.91 Å². The number of rotatable bonds is 12. The van der Waals surface area contributed by atoms with Crippen molar-refractivity contribution in [3.05, 3.63) is 65.7 Å². The molecule has 1 saturated heterocycles. The van der Waals surface area contributed by atoms with E-state index in [1.165, 1.54) is 5.56 Å². The van der Waals surface area contributed by atoms with Crippen molar-refractivity contribution in [3.8, 4) is 0 Å². The quantitative estimate of drug-likeness (QED) is 0.510. The molecule has 0 spiro atoms. The Morgan fingerprint density at radius 3 is 2.29 bits per heavy atom. The standard InChI is InChI=1S/C24H32N2O4S/c27-24(25-16-6-19-30-20-15-21-7-2-1-3-8-21)14-11-22-9-12-23(13-10-22)31(28,29)26-17-4-5-18-26/h1-3,7-10,12-13H,4-6,11,14-20H2,(H,25,27). The highest BCUT2D eigenvalue weighted by atomic mass is 32.2. The second-order valence-corrected chi connectivity index (χ2v) is 9.74. The van der Waals surface area contributed by atoms with Crippen LogP contribution in [-0.4, -0.2) is 51.5 Å². The van der Waals surface area contributed by atoms with Crippen LogP contribution in [0.4, 0.5) is 0 Å². The fraction of sp³-hybridized carbons (Fsp3) is 0.458. The lowest BCUT2D eigenvalue weighted by Gasteiger charge is -2.15. The van der Waals surface area contributed by atoms with Crippen LogP contribution in [0, 0.1) is 0 Å². The molecule has 0 aromatic heterocycles. The lowest BCUT2D eigenvalue weighted by atomic mass is 10.1. The highest BCUT2D eigenvalue weighted by Crippen LogP contribution is 2.21. The van der Waals surface area contributed by atoms with E-state index in [1.807, 2.05) is 18.2 Å². The zero-order valence-electron chi connectivity index (χ0n) is 18.0. The summed E-state index contributed by atoms with van der Waals surface area (Å²) in [5, 5.41) is 2.91. The Morgan fingerprint density at radius 2 is 1.58 bits per heavy atom. The number of sulfonamides is 1. The molecule has 1 N–H and O–H groups in total. The minimum atomic E-state index is -3.38. The number of carbonyl (C=O) groups excluding carboxylic acids is 1. The highest BCUT2D eigenvalue weighted by Gasteiger charge is 2.26. The Balaban J connectivity index is 1.28. The molecule has 3 rings (SSSR count). The van der Waals surface area contributed by atoms with Gasteiger partial charge in [-0.1, -0.05) is 42.5 Å². The topological polar surface area (TPSA) is 75.7 Å². The van der Waals surface area contributed by atoms with E-state index >= 15 is 0 Å². The van der Waals surface area contributed by atoms with Crippen LogP contribution in [0.15, 0.2) is 59.5 Å². The van der Waals surface area contributed by atoms with E-state index < -0.39 is 10.0 Å². The molecule has 2 aromatic rings. The van der Waals surface area contributed by atoms with E-state index in [4.69, 9.17) is 4.74 Å². The fourth-order valence-corrected chi connectivity index (χ4v) is 5.11. The van der Waals surface area contributed by atoms with Gasteiger partial charge in [-0.25, -0.2) is 8.42 Å². The van der Waals surface area contributed by atoms with Crippen LogP contribution < -0.4 is 5.32 Å². The van der Waals surface area contributed by atoms with Gasteiger partial charge in [-0.2, -0.15) is 4.31 Å². The summed E-state index contributed by atoms with van der Waals surface area (Å²) in [5.74, 6) is -0.00181. The molecule has 0 aliphatic carbocycles. The second-order valence-electron chi connectivity index (χ2n) is 7.81.